The smallest absolute Gasteiger partial charge is 0.276 e. The van der Waals surface area contributed by atoms with Crippen LogP contribution in [0.4, 0.5) is 0 Å². The molecule has 2 aliphatic rings. The molecule has 1 aromatic heterocycles. The van der Waals surface area contributed by atoms with Crippen molar-refractivity contribution in [2.75, 3.05) is 19.7 Å². The number of furan rings is 1. The molecule has 2 heterocycles. The van der Waals surface area contributed by atoms with Gasteiger partial charge in [-0.2, -0.15) is 4.31 Å². The fourth-order valence-electron chi connectivity index (χ4n) is 2.43. The number of sulfonamides is 1. The number of hydrogen-bond acceptors (Lipinski definition) is 5. The van der Waals surface area contributed by atoms with E-state index < -0.39 is 15.6 Å². The highest BCUT2D eigenvalue weighted by molar-refractivity contribution is 7.89. The molecule has 1 saturated heterocycles. The Balaban J connectivity index is 1.71. The predicted molar refractivity (Wildman–Crippen MR) is 77.4 cm³/mol. The van der Waals surface area contributed by atoms with E-state index in [4.69, 9.17) is 9.15 Å². The number of nitrogens with one attached hydrogen (secondary N) is 1. The van der Waals surface area contributed by atoms with Crippen molar-refractivity contribution < 1.29 is 17.6 Å². The molecule has 0 radical (unpaired) electrons. The molecule has 1 aliphatic carbocycles. The molecular formula is C14H22N2O4S. The van der Waals surface area contributed by atoms with Crippen LogP contribution in [0.3, 0.4) is 0 Å². The summed E-state index contributed by atoms with van der Waals surface area (Å²) in [5.41, 5.74) is -0.464. The fourth-order valence-corrected chi connectivity index (χ4v) is 3.93. The van der Waals surface area contributed by atoms with Crippen molar-refractivity contribution >= 4 is 10.0 Å². The van der Waals surface area contributed by atoms with Crippen molar-refractivity contribution in [1.29, 1.82) is 0 Å². The van der Waals surface area contributed by atoms with Crippen molar-refractivity contribution in [2.24, 2.45) is 0 Å². The Morgan fingerprint density at radius 1 is 1.38 bits per heavy atom. The van der Waals surface area contributed by atoms with Crippen LogP contribution in [0.2, 0.25) is 0 Å². The van der Waals surface area contributed by atoms with Gasteiger partial charge in [-0.05, 0) is 38.8 Å². The quantitative estimate of drug-likeness (QED) is 0.888. The highest BCUT2D eigenvalue weighted by atomic mass is 32.2. The molecule has 1 saturated carbocycles. The first-order valence-corrected chi connectivity index (χ1v) is 8.77. The van der Waals surface area contributed by atoms with E-state index in [0.29, 0.717) is 38.0 Å². The Morgan fingerprint density at radius 2 is 2.14 bits per heavy atom. The van der Waals surface area contributed by atoms with Gasteiger partial charge in [0.05, 0.1) is 18.8 Å². The number of ether oxygens (including phenoxy) is 1. The van der Waals surface area contributed by atoms with Crippen molar-refractivity contribution in [1.82, 2.24) is 9.62 Å². The van der Waals surface area contributed by atoms with E-state index in [2.05, 4.69) is 5.32 Å². The Hall–Kier alpha value is -0.890. The van der Waals surface area contributed by atoms with Crippen LogP contribution in [0.15, 0.2) is 21.6 Å². The number of nitrogens with zero attached hydrogens (tertiary/aromatic N) is 1. The van der Waals surface area contributed by atoms with Gasteiger partial charge in [0, 0.05) is 19.1 Å². The molecule has 0 bridgehead atoms. The largest absolute Gasteiger partial charge is 0.447 e. The standard InChI is InChI=1S/C14H22N2O4S/c1-14(2)10-16(7-8-19-14)21(17,18)13-6-5-12(20-13)9-15-11-3-4-11/h5-6,11,15H,3-4,7-10H2,1-2H3. The molecule has 6 nitrogen and oxygen atoms in total. The minimum Gasteiger partial charge on any atom is -0.447 e. The van der Waals surface area contributed by atoms with Crippen LogP contribution >= 0.6 is 0 Å². The molecule has 0 atom stereocenters. The summed E-state index contributed by atoms with van der Waals surface area (Å²) in [7, 11) is -3.58. The average molecular weight is 314 g/mol. The molecule has 0 amide bonds. The molecule has 3 rings (SSSR count). The molecule has 1 N–H and O–H groups in total. The summed E-state index contributed by atoms with van der Waals surface area (Å²) in [6.45, 7) is 5.47. The lowest BCUT2D eigenvalue weighted by Gasteiger charge is -2.36. The highest BCUT2D eigenvalue weighted by Crippen LogP contribution is 2.25. The van der Waals surface area contributed by atoms with Gasteiger partial charge in [-0.3, -0.25) is 0 Å². The van der Waals surface area contributed by atoms with Gasteiger partial charge in [0.2, 0.25) is 5.09 Å². The van der Waals surface area contributed by atoms with E-state index in [0.717, 1.165) is 0 Å². The maximum Gasteiger partial charge on any atom is 0.276 e. The summed E-state index contributed by atoms with van der Waals surface area (Å²) < 4.78 is 37.7. The second kappa shape index (κ2) is 5.39. The summed E-state index contributed by atoms with van der Waals surface area (Å²) in [5, 5.41) is 3.33. The maximum absolute atomic E-state index is 12.6. The second-order valence-corrected chi connectivity index (χ2v) is 8.19. The monoisotopic (exact) mass is 314 g/mol. The third-order valence-electron chi connectivity index (χ3n) is 3.76. The lowest BCUT2D eigenvalue weighted by Crippen LogP contribution is -2.50. The third-order valence-corrected chi connectivity index (χ3v) is 5.48. The predicted octanol–water partition coefficient (Wildman–Crippen LogP) is 1.33. The van der Waals surface area contributed by atoms with Gasteiger partial charge in [-0.15, -0.1) is 0 Å². The van der Waals surface area contributed by atoms with Gasteiger partial charge < -0.3 is 14.5 Å². The van der Waals surface area contributed by atoms with E-state index >= 15 is 0 Å². The molecular weight excluding hydrogens is 292 g/mol. The Morgan fingerprint density at radius 3 is 2.81 bits per heavy atom. The van der Waals surface area contributed by atoms with Crippen LogP contribution in [0.25, 0.3) is 0 Å². The highest BCUT2D eigenvalue weighted by Gasteiger charge is 2.36. The van der Waals surface area contributed by atoms with E-state index in [1.165, 1.54) is 17.1 Å². The van der Waals surface area contributed by atoms with E-state index in [1.807, 2.05) is 13.8 Å². The fraction of sp³-hybridized carbons (Fsp3) is 0.714. The summed E-state index contributed by atoms with van der Waals surface area (Å²) in [6.07, 6.45) is 2.38. The third kappa shape index (κ3) is 3.48. The summed E-state index contributed by atoms with van der Waals surface area (Å²) >= 11 is 0. The van der Waals surface area contributed by atoms with Crippen LogP contribution in [-0.4, -0.2) is 44.1 Å². The zero-order valence-corrected chi connectivity index (χ0v) is 13.3. The molecule has 0 spiro atoms. The summed E-state index contributed by atoms with van der Waals surface area (Å²) in [6, 6.07) is 3.84. The van der Waals surface area contributed by atoms with Crippen LogP contribution in [0, 0.1) is 0 Å². The zero-order chi connectivity index (χ0) is 15.1. The Labute approximate surface area is 125 Å². The Bertz CT molecular complexity index is 604. The first kappa shape index (κ1) is 15.0. The van der Waals surface area contributed by atoms with Crippen LogP contribution in [-0.2, 0) is 21.3 Å². The minimum atomic E-state index is -3.58. The molecule has 118 valence electrons. The summed E-state index contributed by atoms with van der Waals surface area (Å²) in [4.78, 5) is 0. The normalized spacial score (nSPS) is 23.3. The van der Waals surface area contributed by atoms with Crippen molar-refractivity contribution in [3.63, 3.8) is 0 Å². The molecule has 1 aromatic rings. The molecule has 7 heteroatoms. The first-order chi connectivity index (χ1) is 9.87. The number of hydrogen-bond donors (Lipinski definition) is 1. The SMILES string of the molecule is CC1(C)CN(S(=O)(=O)c2ccc(CNC3CC3)o2)CCO1. The first-order valence-electron chi connectivity index (χ1n) is 7.33. The number of rotatable bonds is 5. The van der Waals surface area contributed by atoms with Gasteiger partial charge in [0.1, 0.15) is 5.76 Å². The molecule has 21 heavy (non-hydrogen) atoms. The summed E-state index contributed by atoms with van der Waals surface area (Å²) in [5.74, 6) is 0.660. The van der Waals surface area contributed by atoms with Gasteiger partial charge in [0.25, 0.3) is 10.0 Å². The van der Waals surface area contributed by atoms with Crippen LogP contribution in [0.5, 0.6) is 0 Å². The lowest BCUT2D eigenvalue weighted by atomic mass is 10.1. The van der Waals surface area contributed by atoms with Gasteiger partial charge in [0.15, 0.2) is 0 Å². The Kier molecular flexibility index (Phi) is 3.85. The molecule has 0 unspecified atom stereocenters. The van der Waals surface area contributed by atoms with Gasteiger partial charge in [-0.1, -0.05) is 0 Å². The van der Waals surface area contributed by atoms with Gasteiger partial charge in [-0.25, -0.2) is 8.42 Å². The van der Waals surface area contributed by atoms with E-state index in [9.17, 15) is 8.42 Å². The van der Waals surface area contributed by atoms with Crippen LogP contribution < -0.4 is 5.32 Å². The lowest BCUT2D eigenvalue weighted by molar-refractivity contribution is -0.0642. The van der Waals surface area contributed by atoms with E-state index in [-0.39, 0.29) is 5.09 Å². The topological polar surface area (TPSA) is 71.8 Å². The van der Waals surface area contributed by atoms with E-state index in [1.54, 1.807) is 12.1 Å². The minimum absolute atomic E-state index is 0.0211. The van der Waals surface area contributed by atoms with Gasteiger partial charge >= 0.3 is 0 Å². The second-order valence-electron chi connectivity index (χ2n) is 6.32. The zero-order valence-electron chi connectivity index (χ0n) is 12.5. The number of morpholine rings is 1. The molecule has 1 aliphatic heterocycles. The maximum atomic E-state index is 12.6. The van der Waals surface area contributed by atoms with Crippen molar-refractivity contribution in [3.05, 3.63) is 17.9 Å². The average Bonchev–Trinajstić information content (AvgIpc) is 3.11. The van der Waals surface area contributed by atoms with Crippen molar-refractivity contribution in [2.45, 2.75) is 50.0 Å². The van der Waals surface area contributed by atoms with Crippen molar-refractivity contribution in [3.8, 4) is 0 Å². The van der Waals surface area contributed by atoms with Crippen LogP contribution in [0.1, 0.15) is 32.4 Å². The molecule has 2 fully saturated rings. The molecule has 0 aromatic carbocycles.